The van der Waals surface area contributed by atoms with Crippen molar-refractivity contribution in [3.63, 3.8) is 0 Å². The van der Waals surface area contributed by atoms with Crippen LogP contribution in [0, 0.1) is 52.9 Å². The maximum Gasteiger partial charge on any atom is 0.333 e. The van der Waals surface area contributed by atoms with Gasteiger partial charge in [-0.25, -0.2) is 22.4 Å². The first-order valence-electron chi connectivity index (χ1n) is 8.23. The van der Waals surface area contributed by atoms with Crippen LogP contribution >= 0.6 is 0 Å². The number of hydrogen-bond acceptors (Lipinski definition) is 4. The number of ether oxygens (including phenoxy) is 2. The summed E-state index contributed by atoms with van der Waals surface area (Å²) in [6, 6.07) is 0. The largest absolute Gasteiger partial charge is 0.466 e. The molecule has 0 N–H and O–H groups in total. The highest BCUT2D eigenvalue weighted by atomic mass is 19.2. The number of terminal acetylenes is 1. The number of rotatable bonds is 5. The minimum atomic E-state index is -1.73. The second-order valence-corrected chi connectivity index (χ2v) is 7.03. The molecule has 1 fully saturated rings. The van der Waals surface area contributed by atoms with E-state index in [1.165, 1.54) is 20.0 Å². The smallest absolute Gasteiger partial charge is 0.333 e. The Morgan fingerprint density at radius 2 is 1.68 bits per heavy atom. The Kier molecular flexibility index (Phi) is 5.88. The predicted octanol–water partition coefficient (Wildman–Crippen LogP) is 3.66. The van der Waals surface area contributed by atoms with E-state index in [4.69, 9.17) is 11.2 Å². The molecule has 1 aromatic carbocycles. The zero-order valence-corrected chi connectivity index (χ0v) is 15.7. The normalized spacial score (nSPS) is 20.3. The van der Waals surface area contributed by atoms with Crippen LogP contribution in [0.2, 0.25) is 0 Å². The maximum atomic E-state index is 14.0. The van der Waals surface area contributed by atoms with Gasteiger partial charge in [0, 0.05) is 5.57 Å². The molecular weight excluding hydrogens is 380 g/mol. The number of carbonyl (C=O) groups excluding carboxylic acids is 2. The minimum Gasteiger partial charge on any atom is -0.466 e. The van der Waals surface area contributed by atoms with Crippen LogP contribution in [0.3, 0.4) is 0 Å². The molecule has 0 unspecified atom stereocenters. The molecule has 1 saturated carbocycles. The van der Waals surface area contributed by atoms with Crippen LogP contribution < -0.4 is 0 Å². The Morgan fingerprint density at radius 1 is 1.14 bits per heavy atom. The monoisotopic (exact) mass is 398 g/mol. The van der Waals surface area contributed by atoms with Gasteiger partial charge in [-0.15, -0.1) is 6.42 Å². The summed E-state index contributed by atoms with van der Waals surface area (Å²) in [7, 11) is 1.22. The van der Waals surface area contributed by atoms with E-state index in [0.717, 1.165) is 0 Å². The van der Waals surface area contributed by atoms with Gasteiger partial charge in [0.1, 0.15) is 12.2 Å². The first-order valence-corrected chi connectivity index (χ1v) is 8.23. The molecule has 2 rings (SSSR count). The van der Waals surface area contributed by atoms with E-state index in [1.54, 1.807) is 19.9 Å². The average Bonchev–Trinajstić information content (AvgIpc) is 3.19. The second kappa shape index (κ2) is 7.66. The van der Waals surface area contributed by atoms with Crippen molar-refractivity contribution >= 4 is 11.9 Å². The molecular formula is C20H18F4O4. The summed E-state index contributed by atoms with van der Waals surface area (Å²) in [6.45, 7) is 4.00. The lowest BCUT2D eigenvalue weighted by atomic mass is 10.1. The highest BCUT2D eigenvalue weighted by Crippen LogP contribution is 2.60. The summed E-state index contributed by atoms with van der Waals surface area (Å²) < 4.78 is 64.8. The number of hydrogen-bond donors (Lipinski definition) is 0. The van der Waals surface area contributed by atoms with Gasteiger partial charge in [-0.05, 0) is 18.3 Å². The lowest BCUT2D eigenvalue weighted by molar-refractivity contribution is -0.147. The van der Waals surface area contributed by atoms with Gasteiger partial charge in [-0.1, -0.05) is 25.8 Å². The molecule has 28 heavy (non-hydrogen) atoms. The lowest BCUT2D eigenvalue weighted by Gasteiger charge is -2.10. The van der Waals surface area contributed by atoms with Crippen molar-refractivity contribution in [2.24, 2.45) is 17.3 Å². The minimum absolute atomic E-state index is 0.293. The Morgan fingerprint density at radius 3 is 2.14 bits per heavy atom. The van der Waals surface area contributed by atoms with Crippen molar-refractivity contribution in [2.75, 3.05) is 7.11 Å². The van der Waals surface area contributed by atoms with Gasteiger partial charge in [0.05, 0.1) is 18.6 Å². The van der Waals surface area contributed by atoms with Crippen LogP contribution in [0.4, 0.5) is 17.6 Å². The standard InChI is InChI=1S/C20H18F4O4/c1-6-10-14(21)16(23)11(17(24)15(10)22)8-28-19(26)13-12(20(13,3)4)7-9(2)18(25)27-5/h1,7,12-13H,8H2,2-5H3/b9-7+/t12-,13+/m1/s1. The van der Waals surface area contributed by atoms with Gasteiger partial charge in [0.25, 0.3) is 0 Å². The SMILES string of the molecule is C#Cc1c(F)c(F)c(COC(=O)[C@@H]2[C@@H](/C=C(\C)C(=O)OC)C2(C)C)c(F)c1F. The van der Waals surface area contributed by atoms with Gasteiger partial charge in [0.15, 0.2) is 23.3 Å². The van der Waals surface area contributed by atoms with E-state index in [0.29, 0.717) is 5.57 Å². The van der Waals surface area contributed by atoms with E-state index < -0.39 is 64.3 Å². The van der Waals surface area contributed by atoms with Gasteiger partial charge in [-0.2, -0.15) is 0 Å². The van der Waals surface area contributed by atoms with Crippen molar-refractivity contribution in [1.29, 1.82) is 0 Å². The Labute approximate surface area is 159 Å². The van der Waals surface area contributed by atoms with Gasteiger partial charge >= 0.3 is 11.9 Å². The summed E-state index contributed by atoms with van der Waals surface area (Å²) in [5.74, 6) is -7.79. The number of carbonyl (C=O) groups is 2. The van der Waals surface area contributed by atoms with Crippen molar-refractivity contribution < 1.29 is 36.6 Å². The van der Waals surface area contributed by atoms with Crippen LogP contribution in [0.5, 0.6) is 0 Å². The lowest BCUT2D eigenvalue weighted by Crippen LogP contribution is -2.14. The van der Waals surface area contributed by atoms with Crippen LogP contribution in [0.1, 0.15) is 31.9 Å². The summed E-state index contributed by atoms with van der Waals surface area (Å²) in [5, 5.41) is 0. The summed E-state index contributed by atoms with van der Waals surface area (Å²) >= 11 is 0. The quantitative estimate of drug-likeness (QED) is 0.250. The molecule has 0 saturated heterocycles. The first-order chi connectivity index (χ1) is 13.0. The maximum absolute atomic E-state index is 14.0. The molecule has 0 radical (unpaired) electrons. The van der Waals surface area contributed by atoms with Crippen molar-refractivity contribution in [3.05, 3.63) is 46.0 Å². The van der Waals surface area contributed by atoms with Crippen molar-refractivity contribution in [3.8, 4) is 12.3 Å². The van der Waals surface area contributed by atoms with Crippen LogP contribution in [-0.4, -0.2) is 19.0 Å². The third kappa shape index (κ3) is 3.61. The molecule has 0 heterocycles. The molecule has 0 bridgehead atoms. The molecule has 1 aliphatic rings. The number of benzene rings is 1. The molecule has 0 spiro atoms. The molecule has 8 heteroatoms. The fraction of sp³-hybridized carbons (Fsp3) is 0.400. The van der Waals surface area contributed by atoms with E-state index in [9.17, 15) is 27.2 Å². The molecule has 1 aliphatic carbocycles. The number of allylic oxidation sites excluding steroid dienone is 1. The van der Waals surface area contributed by atoms with E-state index in [2.05, 4.69) is 4.74 Å². The second-order valence-electron chi connectivity index (χ2n) is 7.03. The van der Waals surface area contributed by atoms with E-state index >= 15 is 0 Å². The number of esters is 2. The Balaban J connectivity index is 2.18. The first kappa shape index (κ1) is 21.5. The van der Waals surface area contributed by atoms with E-state index in [-0.39, 0.29) is 5.92 Å². The zero-order chi connectivity index (χ0) is 21.4. The fourth-order valence-electron chi connectivity index (χ4n) is 3.10. The summed E-state index contributed by atoms with van der Waals surface area (Å²) in [6.07, 6.45) is 6.39. The predicted molar refractivity (Wildman–Crippen MR) is 90.5 cm³/mol. The average molecular weight is 398 g/mol. The number of methoxy groups -OCH3 is 1. The molecule has 0 aliphatic heterocycles. The zero-order valence-electron chi connectivity index (χ0n) is 15.7. The summed E-state index contributed by atoms with van der Waals surface area (Å²) in [4.78, 5) is 23.8. The molecule has 150 valence electrons. The van der Waals surface area contributed by atoms with Crippen LogP contribution in [-0.2, 0) is 25.7 Å². The third-order valence-electron chi connectivity index (χ3n) is 4.96. The highest BCUT2D eigenvalue weighted by Gasteiger charge is 2.61. The Bertz CT molecular complexity index is 883. The van der Waals surface area contributed by atoms with Gasteiger partial charge < -0.3 is 9.47 Å². The molecule has 0 aromatic heterocycles. The molecule has 2 atom stereocenters. The fourth-order valence-corrected chi connectivity index (χ4v) is 3.10. The third-order valence-corrected chi connectivity index (χ3v) is 4.96. The highest BCUT2D eigenvalue weighted by molar-refractivity contribution is 5.88. The van der Waals surface area contributed by atoms with Gasteiger partial charge in [-0.3, -0.25) is 4.79 Å². The number of halogens is 4. The van der Waals surface area contributed by atoms with Crippen molar-refractivity contribution in [1.82, 2.24) is 0 Å². The Hall–Kier alpha value is -2.82. The topological polar surface area (TPSA) is 52.6 Å². The molecule has 4 nitrogen and oxygen atoms in total. The molecule has 0 amide bonds. The molecule has 1 aromatic rings. The van der Waals surface area contributed by atoms with E-state index in [1.807, 2.05) is 0 Å². The van der Waals surface area contributed by atoms with Crippen molar-refractivity contribution in [2.45, 2.75) is 27.4 Å². The summed E-state index contributed by atoms with van der Waals surface area (Å²) in [5.41, 5.74) is -2.52. The van der Waals surface area contributed by atoms with Crippen LogP contribution in [0.25, 0.3) is 0 Å². The van der Waals surface area contributed by atoms with Crippen LogP contribution in [0.15, 0.2) is 11.6 Å². The van der Waals surface area contributed by atoms with Gasteiger partial charge in [0.2, 0.25) is 0 Å².